The summed E-state index contributed by atoms with van der Waals surface area (Å²) in [6.07, 6.45) is 2.89. The van der Waals surface area contributed by atoms with Crippen LogP contribution in [0.1, 0.15) is 33.2 Å². The van der Waals surface area contributed by atoms with Crippen LogP contribution in [0.2, 0.25) is 10.0 Å². The molecule has 0 aromatic heterocycles. The quantitative estimate of drug-likeness (QED) is 0.413. The number of rotatable bonds is 6. The number of esters is 1. The van der Waals surface area contributed by atoms with E-state index in [4.69, 9.17) is 27.9 Å². The van der Waals surface area contributed by atoms with Crippen LogP contribution in [0.4, 0.5) is 5.69 Å². The van der Waals surface area contributed by atoms with Gasteiger partial charge in [0.1, 0.15) is 6.54 Å². The van der Waals surface area contributed by atoms with Crippen LogP contribution in [0.15, 0.2) is 42.5 Å². The Kier molecular flexibility index (Phi) is 6.54. The minimum Gasteiger partial charge on any atom is -0.463 e. The molecule has 0 saturated carbocycles. The Morgan fingerprint density at radius 3 is 2.13 bits per heavy atom. The number of fused-ring (bicyclic) bond motifs is 1. The van der Waals surface area contributed by atoms with Crippen molar-refractivity contribution in [3.63, 3.8) is 0 Å². The summed E-state index contributed by atoms with van der Waals surface area (Å²) in [5.41, 5.74) is 1.42. The normalized spacial score (nSPS) is 13.0. The van der Waals surface area contributed by atoms with Crippen molar-refractivity contribution >= 4 is 58.7 Å². The second kappa shape index (κ2) is 9.11. The highest BCUT2D eigenvalue weighted by molar-refractivity contribution is 6.43. The fraction of sp³-hybridized carbons (Fsp3) is 0.143. The monoisotopic (exact) mass is 446 g/mol. The first kappa shape index (κ1) is 21.5. The van der Waals surface area contributed by atoms with Gasteiger partial charge < -0.3 is 10.1 Å². The number of nitrogens with one attached hydrogen (secondary N) is 1. The topological polar surface area (TPSA) is 92.8 Å². The predicted octanol–water partition coefficient (Wildman–Crippen LogP) is 3.80. The van der Waals surface area contributed by atoms with Crippen molar-refractivity contribution in [1.82, 2.24) is 4.90 Å². The van der Waals surface area contributed by atoms with Gasteiger partial charge in [-0.05, 0) is 42.8 Å². The number of carbonyl (C=O) groups is 4. The molecule has 0 unspecified atom stereocenters. The lowest BCUT2D eigenvalue weighted by Gasteiger charge is -2.13. The lowest BCUT2D eigenvalue weighted by atomic mass is 10.1. The van der Waals surface area contributed by atoms with Crippen LogP contribution >= 0.6 is 23.2 Å². The van der Waals surface area contributed by atoms with Gasteiger partial charge in [-0.15, -0.1) is 0 Å². The third kappa shape index (κ3) is 4.69. The Balaban J connectivity index is 1.63. The molecule has 0 fully saturated rings. The Morgan fingerprint density at radius 1 is 1.03 bits per heavy atom. The molecule has 3 rings (SSSR count). The Morgan fingerprint density at radius 2 is 1.60 bits per heavy atom. The van der Waals surface area contributed by atoms with Gasteiger partial charge in [-0.2, -0.15) is 0 Å². The minimum atomic E-state index is -0.608. The first-order valence-electron chi connectivity index (χ1n) is 8.90. The zero-order valence-electron chi connectivity index (χ0n) is 15.8. The van der Waals surface area contributed by atoms with Gasteiger partial charge in [0.25, 0.3) is 11.8 Å². The Bertz CT molecular complexity index is 1020. The number of nitrogens with zero attached hydrogens (tertiary/aromatic N) is 1. The maximum Gasteiger partial charge on any atom is 0.330 e. The van der Waals surface area contributed by atoms with E-state index < -0.39 is 30.2 Å². The van der Waals surface area contributed by atoms with Crippen LogP contribution in [0.25, 0.3) is 6.08 Å². The molecule has 1 aliphatic heterocycles. The van der Waals surface area contributed by atoms with Crippen LogP contribution in [0.3, 0.4) is 0 Å². The molecule has 9 heteroatoms. The van der Waals surface area contributed by atoms with Crippen LogP contribution in [-0.2, 0) is 14.3 Å². The van der Waals surface area contributed by atoms with E-state index in [0.29, 0.717) is 12.3 Å². The first-order chi connectivity index (χ1) is 14.3. The molecule has 0 atom stereocenters. The number of ether oxygens (including phenoxy) is 1. The molecule has 2 aromatic carbocycles. The number of amides is 3. The lowest BCUT2D eigenvalue weighted by molar-refractivity contribution is -0.137. The van der Waals surface area contributed by atoms with Crippen molar-refractivity contribution in [2.75, 3.05) is 18.5 Å². The molecule has 2 aromatic rings. The zero-order chi connectivity index (χ0) is 21.8. The van der Waals surface area contributed by atoms with Crippen molar-refractivity contribution in [2.24, 2.45) is 0 Å². The van der Waals surface area contributed by atoms with E-state index >= 15 is 0 Å². The van der Waals surface area contributed by atoms with Gasteiger partial charge in [-0.25, -0.2) is 4.79 Å². The fourth-order valence-corrected chi connectivity index (χ4v) is 3.13. The second-order valence-electron chi connectivity index (χ2n) is 6.26. The summed E-state index contributed by atoms with van der Waals surface area (Å²) in [6.45, 7) is 1.56. The molecule has 154 valence electrons. The van der Waals surface area contributed by atoms with E-state index in [-0.39, 0.29) is 21.2 Å². The van der Waals surface area contributed by atoms with Crippen molar-refractivity contribution < 1.29 is 23.9 Å². The van der Waals surface area contributed by atoms with Gasteiger partial charge in [0.05, 0.1) is 27.8 Å². The van der Waals surface area contributed by atoms with Gasteiger partial charge in [-0.3, -0.25) is 19.3 Å². The van der Waals surface area contributed by atoms with E-state index in [9.17, 15) is 19.2 Å². The summed E-state index contributed by atoms with van der Waals surface area (Å²) in [7, 11) is 0. The van der Waals surface area contributed by atoms with Crippen molar-refractivity contribution in [3.05, 3.63) is 69.2 Å². The number of hydrogen-bond acceptors (Lipinski definition) is 5. The first-order valence-corrected chi connectivity index (χ1v) is 9.65. The van der Waals surface area contributed by atoms with E-state index in [1.165, 1.54) is 18.2 Å². The van der Waals surface area contributed by atoms with Crippen molar-refractivity contribution in [1.29, 1.82) is 0 Å². The predicted molar refractivity (Wildman–Crippen MR) is 113 cm³/mol. The average Bonchev–Trinajstić information content (AvgIpc) is 2.92. The van der Waals surface area contributed by atoms with E-state index in [2.05, 4.69) is 5.32 Å². The van der Waals surface area contributed by atoms with E-state index in [1.54, 1.807) is 37.3 Å². The highest BCUT2D eigenvalue weighted by Crippen LogP contribution is 2.31. The third-order valence-corrected chi connectivity index (χ3v) is 4.93. The number of hydrogen-bond donors (Lipinski definition) is 1. The molecule has 1 aliphatic rings. The molecule has 1 heterocycles. The van der Waals surface area contributed by atoms with E-state index in [0.717, 1.165) is 10.5 Å². The standard InChI is InChI=1S/C21H16Cl2N2O5/c1-2-30-19(27)8-5-12-3-6-13(7-4-12)24-18(26)11-25-20(28)14-9-16(22)17(23)10-15(14)21(25)29/h3-10H,2,11H2,1H3,(H,24,26)/b8-5+. The summed E-state index contributed by atoms with van der Waals surface area (Å²) in [4.78, 5) is 49.4. The molecule has 7 nitrogen and oxygen atoms in total. The number of imide groups is 1. The number of carbonyl (C=O) groups excluding carboxylic acids is 4. The largest absolute Gasteiger partial charge is 0.463 e. The Hall–Kier alpha value is -3.16. The summed E-state index contributed by atoms with van der Waals surface area (Å²) in [5.74, 6) is -2.21. The molecule has 30 heavy (non-hydrogen) atoms. The van der Waals surface area contributed by atoms with Crippen molar-refractivity contribution in [2.45, 2.75) is 6.92 Å². The molecular formula is C21H16Cl2N2O5. The number of benzene rings is 2. The molecule has 3 amide bonds. The zero-order valence-corrected chi connectivity index (χ0v) is 17.3. The van der Waals surface area contributed by atoms with Crippen molar-refractivity contribution in [3.8, 4) is 0 Å². The molecule has 1 N–H and O–H groups in total. The maximum absolute atomic E-state index is 12.5. The highest BCUT2D eigenvalue weighted by Gasteiger charge is 2.37. The summed E-state index contributed by atoms with van der Waals surface area (Å²) < 4.78 is 4.80. The Labute approximate surface area is 182 Å². The molecule has 0 saturated heterocycles. The fourth-order valence-electron chi connectivity index (χ4n) is 2.80. The van der Waals surface area contributed by atoms with Crippen LogP contribution in [0, 0.1) is 0 Å². The second-order valence-corrected chi connectivity index (χ2v) is 7.08. The van der Waals surface area contributed by atoms with Gasteiger partial charge in [0, 0.05) is 11.8 Å². The number of halogens is 2. The van der Waals surface area contributed by atoms with Crippen LogP contribution in [-0.4, -0.2) is 41.7 Å². The SMILES string of the molecule is CCOC(=O)/C=C/c1ccc(NC(=O)CN2C(=O)c3cc(Cl)c(Cl)cc3C2=O)cc1. The van der Waals surface area contributed by atoms with Crippen LogP contribution < -0.4 is 5.32 Å². The lowest BCUT2D eigenvalue weighted by Crippen LogP contribution is -2.37. The highest BCUT2D eigenvalue weighted by atomic mass is 35.5. The van der Waals surface area contributed by atoms with Gasteiger partial charge in [-0.1, -0.05) is 35.3 Å². The molecule has 0 aliphatic carbocycles. The number of anilines is 1. The summed E-state index contributed by atoms with van der Waals surface area (Å²) in [6, 6.07) is 9.28. The van der Waals surface area contributed by atoms with Gasteiger partial charge in [0.2, 0.25) is 5.91 Å². The molecule has 0 bridgehead atoms. The average molecular weight is 447 g/mol. The molecular weight excluding hydrogens is 431 g/mol. The smallest absolute Gasteiger partial charge is 0.330 e. The molecule has 0 spiro atoms. The van der Waals surface area contributed by atoms with E-state index in [1.807, 2.05) is 0 Å². The third-order valence-electron chi connectivity index (χ3n) is 4.21. The van der Waals surface area contributed by atoms with Gasteiger partial charge in [0.15, 0.2) is 0 Å². The summed E-state index contributed by atoms with van der Waals surface area (Å²) >= 11 is 11.8. The summed E-state index contributed by atoms with van der Waals surface area (Å²) in [5, 5.41) is 2.92. The van der Waals surface area contributed by atoms with Crippen LogP contribution in [0.5, 0.6) is 0 Å². The minimum absolute atomic E-state index is 0.111. The maximum atomic E-state index is 12.5. The van der Waals surface area contributed by atoms with Gasteiger partial charge >= 0.3 is 5.97 Å². The molecule has 0 radical (unpaired) electrons.